The van der Waals surface area contributed by atoms with Crippen molar-refractivity contribution in [2.45, 2.75) is 19.3 Å². The summed E-state index contributed by atoms with van der Waals surface area (Å²) in [5.74, 6) is 0.884. The summed E-state index contributed by atoms with van der Waals surface area (Å²) in [5, 5.41) is 13.1. The number of benzene rings is 1. The van der Waals surface area contributed by atoms with E-state index in [1.54, 1.807) is 6.20 Å². The van der Waals surface area contributed by atoms with Gasteiger partial charge in [0.25, 0.3) is 0 Å². The number of hydrogen-bond donors (Lipinski definition) is 3. The van der Waals surface area contributed by atoms with Crippen LogP contribution in [0.25, 0.3) is 10.9 Å². The van der Waals surface area contributed by atoms with Crippen LogP contribution in [-0.2, 0) is 11.2 Å². The zero-order valence-corrected chi connectivity index (χ0v) is 13.9. The van der Waals surface area contributed by atoms with Crippen LogP contribution in [-0.4, -0.2) is 34.2 Å². The Hall–Kier alpha value is -3.02. The van der Waals surface area contributed by atoms with Crippen molar-refractivity contribution in [1.82, 2.24) is 9.97 Å². The first kappa shape index (κ1) is 16.8. The van der Waals surface area contributed by atoms with Crippen molar-refractivity contribution in [2.75, 3.05) is 18.5 Å². The van der Waals surface area contributed by atoms with E-state index in [0.29, 0.717) is 13.0 Å². The second-order valence-electron chi connectivity index (χ2n) is 5.76. The second-order valence-corrected chi connectivity index (χ2v) is 5.76. The normalized spacial score (nSPS) is 10.7. The van der Waals surface area contributed by atoms with Gasteiger partial charge in [-0.25, -0.2) is 4.98 Å². The van der Waals surface area contributed by atoms with Gasteiger partial charge in [-0.2, -0.15) is 0 Å². The lowest BCUT2D eigenvalue weighted by Crippen LogP contribution is -2.08. The Balaban J connectivity index is 1.48. The Labute approximate surface area is 145 Å². The first-order valence-electron chi connectivity index (χ1n) is 8.32. The van der Waals surface area contributed by atoms with Gasteiger partial charge in [0.2, 0.25) is 0 Å². The number of carboxylic acid groups (broad SMARTS) is 1. The molecule has 0 amide bonds. The van der Waals surface area contributed by atoms with Crippen LogP contribution in [0.2, 0.25) is 0 Å². The Bertz CT molecular complexity index is 830. The first-order chi connectivity index (χ1) is 12.2. The number of rotatable bonds is 9. The zero-order valence-electron chi connectivity index (χ0n) is 13.9. The lowest BCUT2D eigenvalue weighted by molar-refractivity contribution is -0.136. The number of nitrogens with one attached hydrogen (secondary N) is 2. The molecule has 0 aliphatic heterocycles. The van der Waals surface area contributed by atoms with Crippen LogP contribution >= 0.6 is 0 Å². The molecular weight excluding hydrogens is 318 g/mol. The summed E-state index contributed by atoms with van der Waals surface area (Å²) >= 11 is 0. The standard InChI is InChI=1S/C19H21N3O3/c23-19(24)8-5-14-13-22-17-12-15(6-7-16(14)17)25-11-3-10-21-18-4-1-2-9-20-18/h1-2,4,6-7,9,12-13,22H,3,5,8,10-11H2,(H,20,21)(H,23,24). The number of aromatic amines is 1. The average Bonchev–Trinajstić information content (AvgIpc) is 3.03. The third-order valence-corrected chi connectivity index (χ3v) is 3.91. The van der Waals surface area contributed by atoms with Crippen LogP contribution in [0.3, 0.4) is 0 Å². The molecule has 0 bridgehead atoms. The van der Waals surface area contributed by atoms with E-state index in [1.165, 1.54) is 0 Å². The van der Waals surface area contributed by atoms with Crippen molar-refractivity contribution in [2.24, 2.45) is 0 Å². The third-order valence-electron chi connectivity index (χ3n) is 3.91. The maximum absolute atomic E-state index is 10.7. The zero-order chi connectivity index (χ0) is 17.5. The van der Waals surface area contributed by atoms with Crippen molar-refractivity contribution >= 4 is 22.7 Å². The fourth-order valence-corrected chi connectivity index (χ4v) is 2.65. The SMILES string of the molecule is O=C(O)CCc1c[nH]c2cc(OCCCNc3ccccn3)ccc12. The van der Waals surface area contributed by atoms with Gasteiger partial charge in [-0.15, -0.1) is 0 Å². The molecule has 2 aromatic heterocycles. The van der Waals surface area contributed by atoms with Crippen molar-refractivity contribution in [1.29, 1.82) is 0 Å². The fourth-order valence-electron chi connectivity index (χ4n) is 2.65. The largest absolute Gasteiger partial charge is 0.493 e. The predicted molar refractivity (Wildman–Crippen MR) is 97.1 cm³/mol. The highest BCUT2D eigenvalue weighted by Crippen LogP contribution is 2.24. The molecule has 0 spiro atoms. The Morgan fingerprint density at radius 3 is 3.00 bits per heavy atom. The first-order valence-corrected chi connectivity index (χ1v) is 8.32. The number of hydrogen-bond acceptors (Lipinski definition) is 4. The monoisotopic (exact) mass is 339 g/mol. The van der Waals surface area contributed by atoms with E-state index in [0.717, 1.165) is 41.0 Å². The van der Waals surface area contributed by atoms with Gasteiger partial charge in [0.1, 0.15) is 11.6 Å². The summed E-state index contributed by atoms with van der Waals surface area (Å²) in [5.41, 5.74) is 1.98. The van der Waals surface area contributed by atoms with Crippen LogP contribution in [0.1, 0.15) is 18.4 Å². The molecule has 6 heteroatoms. The topological polar surface area (TPSA) is 87.2 Å². The van der Waals surface area contributed by atoms with Crippen molar-refractivity contribution < 1.29 is 14.6 Å². The van der Waals surface area contributed by atoms with Gasteiger partial charge in [-0.3, -0.25) is 4.79 Å². The summed E-state index contributed by atoms with van der Waals surface area (Å²) < 4.78 is 5.78. The molecule has 0 atom stereocenters. The highest BCUT2D eigenvalue weighted by Gasteiger charge is 2.07. The second kappa shape index (κ2) is 8.19. The van der Waals surface area contributed by atoms with Crippen molar-refractivity contribution in [3.05, 3.63) is 54.4 Å². The number of pyridine rings is 1. The molecule has 3 N–H and O–H groups in total. The van der Waals surface area contributed by atoms with Gasteiger partial charge in [-0.05, 0) is 42.7 Å². The molecule has 130 valence electrons. The summed E-state index contributed by atoms with van der Waals surface area (Å²) in [4.78, 5) is 18.1. The number of aryl methyl sites for hydroxylation is 1. The van der Waals surface area contributed by atoms with E-state index in [1.807, 2.05) is 42.6 Å². The van der Waals surface area contributed by atoms with Crippen LogP contribution < -0.4 is 10.1 Å². The quantitative estimate of drug-likeness (QED) is 0.520. The molecule has 25 heavy (non-hydrogen) atoms. The molecule has 6 nitrogen and oxygen atoms in total. The van der Waals surface area contributed by atoms with Gasteiger partial charge < -0.3 is 20.1 Å². The van der Waals surface area contributed by atoms with E-state index in [9.17, 15) is 4.79 Å². The molecule has 1 aromatic carbocycles. The summed E-state index contributed by atoms with van der Waals surface area (Å²) in [6.45, 7) is 1.40. The number of aromatic nitrogens is 2. The summed E-state index contributed by atoms with van der Waals surface area (Å²) in [6.07, 6.45) is 5.15. The van der Waals surface area contributed by atoms with E-state index in [-0.39, 0.29) is 6.42 Å². The highest BCUT2D eigenvalue weighted by atomic mass is 16.5. The molecule has 0 aliphatic carbocycles. The average molecular weight is 339 g/mol. The van der Waals surface area contributed by atoms with Crippen LogP contribution in [0.5, 0.6) is 5.75 Å². The molecule has 3 rings (SSSR count). The summed E-state index contributed by atoms with van der Waals surface area (Å²) in [7, 11) is 0. The van der Waals surface area contributed by atoms with Crippen LogP contribution in [0.15, 0.2) is 48.8 Å². The number of H-pyrrole nitrogens is 1. The van der Waals surface area contributed by atoms with Gasteiger partial charge >= 0.3 is 5.97 Å². The summed E-state index contributed by atoms with van der Waals surface area (Å²) in [6, 6.07) is 11.6. The van der Waals surface area contributed by atoms with Crippen molar-refractivity contribution in [3.8, 4) is 5.75 Å². The molecule has 2 heterocycles. The van der Waals surface area contributed by atoms with Gasteiger partial charge in [0.05, 0.1) is 6.61 Å². The smallest absolute Gasteiger partial charge is 0.303 e. The number of fused-ring (bicyclic) bond motifs is 1. The molecular formula is C19H21N3O3. The van der Waals surface area contributed by atoms with E-state index in [2.05, 4.69) is 15.3 Å². The molecule has 0 fully saturated rings. The lowest BCUT2D eigenvalue weighted by atomic mass is 10.1. The number of carbonyl (C=O) groups is 1. The molecule has 3 aromatic rings. The number of carboxylic acids is 1. The maximum Gasteiger partial charge on any atom is 0.303 e. The molecule has 0 saturated heterocycles. The number of aliphatic carboxylic acids is 1. The minimum atomic E-state index is -0.784. The van der Waals surface area contributed by atoms with E-state index < -0.39 is 5.97 Å². The van der Waals surface area contributed by atoms with Gasteiger partial charge in [0.15, 0.2) is 0 Å². The highest BCUT2D eigenvalue weighted by molar-refractivity contribution is 5.85. The van der Waals surface area contributed by atoms with Crippen LogP contribution in [0.4, 0.5) is 5.82 Å². The number of ether oxygens (including phenoxy) is 1. The Morgan fingerprint density at radius 1 is 1.28 bits per heavy atom. The van der Waals surface area contributed by atoms with Crippen LogP contribution in [0, 0.1) is 0 Å². The van der Waals surface area contributed by atoms with Gasteiger partial charge in [0, 0.05) is 42.3 Å². The molecule has 0 aliphatic rings. The van der Waals surface area contributed by atoms with Gasteiger partial charge in [-0.1, -0.05) is 6.07 Å². The lowest BCUT2D eigenvalue weighted by Gasteiger charge is -2.08. The van der Waals surface area contributed by atoms with Crippen molar-refractivity contribution in [3.63, 3.8) is 0 Å². The maximum atomic E-state index is 10.7. The fraction of sp³-hybridized carbons (Fsp3) is 0.263. The number of anilines is 1. The van der Waals surface area contributed by atoms with E-state index >= 15 is 0 Å². The minimum absolute atomic E-state index is 0.133. The third kappa shape index (κ3) is 4.73. The Kier molecular flexibility index (Phi) is 5.51. The molecule has 0 radical (unpaired) electrons. The number of nitrogens with zero attached hydrogens (tertiary/aromatic N) is 1. The Morgan fingerprint density at radius 2 is 2.20 bits per heavy atom. The molecule has 0 saturated carbocycles. The minimum Gasteiger partial charge on any atom is -0.493 e. The predicted octanol–water partition coefficient (Wildman–Crippen LogP) is 3.46. The van der Waals surface area contributed by atoms with E-state index in [4.69, 9.17) is 9.84 Å². The molecule has 0 unspecified atom stereocenters.